The van der Waals surface area contributed by atoms with Crippen molar-refractivity contribution in [1.82, 2.24) is 10.1 Å². The number of carbonyl (C=O) groups excluding carboxylic acids is 1. The second-order valence-corrected chi connectivity index (χ2v) is 6.39. The van der Waals surface area contributed by atoms with Gasteiger partial charge in [0.1, 0.15) is 5.69 Å². The van der Waals surface area contributed by atoms with Crippen LogP contribution in [0.2, 0.25) is 0 Å². The van der Waals surface area contributed by atoms with E-state index in [9.17, 15) is 4.79 Å². The van der Waals surface area contributed by atoms with Gasteiger partial charge >= 0.3 is 0 Å². The molecule has 2 aromatic heterocycles. The summed E-state index contributed by atoms with van der Waals surface area (Å²) in [5.41, 5.74) is 0.451. The van der Waals surface area contributed by atoms with Gasteiger partial charge in [0.25, 0.3) is 0 Å². The highest BCUT2D eigenvalue weighted by Crippen LogP contribution is 2.25. The summed E-state index contributed by atoms with van der Waals surface area (Å²) in [6, 6.07) is 5.67. The van der Waals surface area contributed by atoms with E-state index in [1.54, 1.807) is 17.4 Å². The molecule has 0 aromatic carbocycles. The highest BCUT2D eigenvalue weighted by molar-refractivity contribution is 7.13. The Balaban J connectivity index is 1.71. The minimum absolute atomic E-state index is 0.0779. The fourth-order valence-electron chi connectivity index (χ4n) is 2.14. The molecule has 0 fully saturated rings. The second-order valence-electron chi connectivity index (χ2n) is 5.44. The predicted octanol–water partition coefficient (Wildman–Crippen LogP) is 4.10. The van der Waals surface area contributed by atoms with Gasteiger partial charge < -0.3 is 9.42 Å². The van der Waals surface area contributed by atoms with Crippen molar-refractivity contribution >= 4 is 17.1 Å². The first-order chi connectivity index (χ1) is 10.2. The quantitative estimate of drug-likeness (QED) is 0.517. The van der Waals surface area contributed by atoms with Crippen LogP contribution in [0, 0.1) is 0 Å². The predicted molar refractivity (Wildman–Crippen MR) is 85.8 cm³/mol. The first kappa shape index (κ1) is 15.9. The lowest BCUT2D eigenvalue weighted by Crippen LogP contribution is -2.12. The van der Waals surface area contributed by atoms with Gasteiger partial charge in [-0.05, 0) is 44.9 Å². The van der Waals surface area contributed by atoms with Crippen molar-refractivity contribution < 1.29 is 9.32 Å². The molecule has 0 unspecified atom stereocenters. The summed E-state index contributed by atoms with van der Waals surface area (Å²) in [6.45, 7) is 1.11. The van der Waals surface area contributed by atoms with E-state index in [-0.39, 0.29) is 5.78 Å². The van der Waals surface area contributed by atoms with Crippen LogP contribution in [0.5, 0.6) is 0 Å². The Morgan fingerprint density at radius 3 is 2.81 bits per heavy atom. The number of ketones is 1. The number of hydrogen-bond acceptors (Lipinski definition) is 5. The zero-order valence-electron chi connectivity index (χ0n) is 12.7. The Labute approximate surface area is 129 Å². The first-order valence-electron chi connectivity index (χ1n) is 7.35. The summed E-state index contributed by atoms with van der Waals surface area (Å²) < 4.78 is 5.24. The molecule has 0 aliphatic carbocycles. The molecule has 0 amide bonds. The average molecular weight is 306 g/mol. The van der Waals surface area contributed by atoms with Crippen LogP contribution < -0.4 is 0 Å². The molecule has 0 aliphatic rings. The van der Waals surface area contributed by atoms with E-state index >= 15 is 0 Å². The Kier molecular flexibility index (Phi) is 6.14. The van der Waals surface area contributed by atoms with Crippen LogP contribution in [0.3, 0.4) is 0 Å². The Bertz CT molecular complexity index is 546. The summed E-state index contributed by atoms with van der Waals surface area (Å²) in [7, 11) is 4.17. The normalized spacial score (nSPS) is 11.2. The van der Waals surface area contributed by atoms with E-state index in [1.165, 1.54) is 12.8 Å². The number of unbranched alkanes of at least 4 members (excludes halogenated alkanes) is 3. The van der Waals surface area contributed by atoms with Crippen molar-refractivity contribution in [3.8, 4) is 10.6 Å². The zero-order valence-corrected chi connectivity index (χ0v) is 13.5. The summed E-state index contributed by atoms with van der Waals surface area (Å²) in [5.74, 6) is 0.758. The number of aromatic nitrogens is 1. The lowest BCUT2D eigenvalue weighted by molar-refractivity contribution is 0.0970. The van der Waals surface area contributed by atoms with Gasteiger partial charge in [-0.25, -0.2) is 0 Å². The highest BCUT2D eigenvalue weighted by Gasteiger charge is 2.13. The molecule has 21 heavy (non-hydrogen) atoms. The van der Waals surface area contributed by atoms with E-state index in [1.807, 2.05) is 17.5 Å². The van der Waals surface area contributed by atoms with Crippen LogP contribution in [0.1, 0.15) is 42.6 Å². The molecule has 0 aliphatic heterocycles. The van der Waals surface area contributed by atoms with Crippen LogP contribution >= 0.6 is 11.3 Å². The van der Waals surface area contributed by atoms with Crippen molar-refractivity contribution in [1.29, 1.82) is 0 Å². The van der Waals surface area contributed by atoms with Crippen LogP contribution in [0.4, 0.5) is 0 Å². The van der Waals surface area contributed by atoms with E-state index in [2.05, 4.69) is 24.2 Å². The van der Waals surface area contributed by atoms with Crippen molar-refractivity contribution in [3.05, 3.63) is 29.3 Å². The van der Waals surface area contributed by atoms with Crippen molar-refractivity contribution in [2.24, 2.45) is 0 Å². The van der Waals surface area contributed by atoms with Gasteiger partial charge in [-0.3, -0.25) is 4.79 Å². The number of hydrogen-bond donors (Lipinski definition) is 0. The second kappa shape index (κ2) is 8.10. The number of carbonyl (C=O) groups is 1. The van der Waals surface area contributed by atoms with Gasteiger partial charge in [-0.15, -0.1) is 11.3 Å². The lowest BCUT2D eigenvalue weighted by Gasteiger charge is -2.08. The van der Waals surface area contributed by atoms with E-state index < -0.39 is 0 Å². The van der Waals surface area contributed by atoms with Gasteiger partial charge in [-0.1, -0.05) is 24.1 Å². The van der Waals surface area contributed by atoms with Crippen molar-refractivity contribution in [2.75, 3.05) is 20.6 Å². The third-order valence-corrected chi connectivity index (χ3v) is 4.20. The molecule has 0 saturated carbocycles. The molecule has 2 aromatic rings. The summed E-state index contributed by atoms with van der Waals surface area (Å²) >= 11 is 1.58. The molecule has 0 bridgehead atoms. The fraction of sp³-hybridized carbons (Fsp3) is 0.500. The maximum absolute atomic E-state index is 12.0. The Hall–Kier alpha value is -1.46. The molecule has 2 heterocycles. The van der Waals surface area contributed by atoms with Gasteiger partial charge in [-0.2, -0.15) is 0 Å². The Morgan fingerprint density at radius 1 is 1.29 bits per heavy atom. The van der Waals surface area contributed by atoms with Gasteiger partial charge in [0, 0.05) is 12.5 Å². The van der Waals surface area contributed by atoms with E-state index in [4.69, 9.17) is 4.52 Å². The van der Waals surface area contributed by atoms with Crippen LogP contribution in [0.15, 0.2) is 28.1 Å². The molecule has 0 spiro atoms. The summed E-state index contributed by atoms with van der Waals surface area (Å²) in [6.07, 6.45) is 4.93. The molecule has 4 nitrogen and oxygen atoms in total. The molecular formula is C16H22N2O2S. The van der Waals surface area contributed by atoms with E-state index in [0.29, 0.717) is 17.9 Å². The Morgan fingerprint density at radius 2 is 2.10 bits per heavy atom. The molecule has 5 heteroatoms. The molecule has 0 N–H and O–H groups in total. The molecule has 0 atom stereocenters. The summed E-state index contributed by atoms with van der Waals surface area (Å²) in [5, 5.41) is 5.87. The lowest BCUT2D eigenvalue weighted by atomic mass is 10.1. The highest BCUT2D eigenvalue weighted by atomic mass is 32.1. The number of thiophene rings is 1. The van der Waals surface area contributed by atoms with E-state index in [0.717, 1.165) is 24.3 Å². The van der Waals surface area contributed by atoms with Gasteiger partial charge in [0.05, 0.1) is 4.88 Å². The smallest absolute Gasteiger partial charge is 0.184 e. The zero-order chi connectivity index (χ0) is 15.1. The molecule has 114 valence electrons. The minimum Gasteiger partial charge on any atom is -0.355 e. The van der Waals surface area contributed by atoms with Crippen LogP contribution in [-0.2, 0) is 0 Å². The maximum atomic E-state index is 12.0. The first-order valence-corrected chi connectivity index (χ1v) is 8.23. The third-order valence-electron chi connectivity index (χ3n) is 3.32. The van der Waals surface area contributed by atoms with Crippen molar-refractivity contribution in [2.45, 2.75) is 32.1 Å². The molecule has 2 rings (SSSR count). The molecule has 0 radical (unpaired) electrons. The standard InChI is InChI=1S/C16H22N2O2S/c1-18(2)10-6-4-3-5-8-14(19)13-12-15(20-17-13)16-9-7-11-21-16/h7,9,11-12H,3-6,8,10H2,1-2H3. The fourth-order valence-corrected chi connectivity index (χ4v) is 2.81. The van der Waals surface area contributed by atoms with Gasteiger partial charge in [0.15, 0.2) is 11.5 Å². The average Bonchev–Trinajstić information content (AvgIpc) is 3.11. The minimum atomic E-state index is 0.0779. The largest absolute Gasteiger partial charge is 0.355 e. The number of rotatable bonds is 9. The van der Waals surface area contributed by atoms with Gasteiger partial charge in [0.2, 0.25) is 0 Å². The summed E-state index contributed by atoms with van der Waals surface area (Å²) in [4.78, 5) is 15.2. The molecule has 0 saturated heterocycles. The van der Waals surface area contributed by atoms with Crippen molar-refractivity contribution in [3.63, 3.8) is 0 Å². The SMILES string of the molecule is CN(C)CCCCCCC(=O)c1cc(-c2cccs2)on1. The number of Topliss-reactive ketones (excluding diaryl/α,β-unsaturated/α-hetero) is 1. The topological polar surface area (TPSA) is 46.3 Å². The van der Waals surface area contributed by atoms with Crippen LogP contribution in [-0.4, -0.2) is 36.5 Å². The molecular weight excluding hydrogens is 284 g/mol. The maximum Gasteiger partial charge on any atom is 0.184 e. The monoisotopic (exact) mass is 306 g/mol. The van der Waals surface area contributed by atoms with Crippen LogP contribution in [0.25, 0.3) is 10.6 Å². The third kappa shape index (κ3) is 5.10. The number of nitrogens with zero attached hydrogens (tertiary/aromatic N) is 2.